The lowest BCUT2D eigenvalue weighted by molar-refractivity contribution is -0.123. The predicted molar refractivity (Wildman–Crippen MR) is 114 cm³/mol. The number of ether oxygens (including phenoxy) is 2. The van der Waals surface area contributed by atoms with Crippen LogP contribution in [0.5, 0.6) is 11.5 Å². The monoisotopic (exact) mass is 416 g/mol. The second kappa shape index (κ2) is 11.1. The molecule has 29 heavy (non-hydrogen) atoms. The van der Waals surface area contributed by atoms with E-state index in [-0.39, 0.29) is 30.1 Å². The number of hydrogen-bond acceptors (Lipinski definition) is 6. The molecule has 7 nitrogen and oxygen atoms in total. The van der Waals surface area contributed by atoms with Crippen LogP contribution in [0, 0.1) is 0 Å². The zero-order valence-electron chi connectivity index (χ0n) is 16.6. The average Bonchev–Trinajstić information content (AvgIpc) is 2.96. The van der Waals surface area contributed by atoms with Gasteiger partial charge in [0.15, 0.2) is 11.5 Å². The second-order valence-electron chi connectivity index (χ2n) is 5.85. The van der Waals surface area contributed by atoms with Gasteiger partial charge in [0.1, 0.15) is 0 Å². The molecule has 1 aromatic rings. The molecule has 1 N–H and O–H groups in total. The standard InChI is InChI=1S/C21H24N2O5S/c1-4-6-7-8-19(24)22-11-12-23-20(25)18(29-21(23)26)14-15-9-10-16(28-5-2)17(13-15)27-3/h4,6-10,13-14H,5,11-12H2,1-3H3,(H,22,24). The Hall–Kier alpha value is -3.00. The van der Waals surface area contributed by atoms with Gasteiger partial charge in [0.2, 0.25) is 5.91 Å². The summed E-state index contributed by atoms with van der Waals surface area (Å²) in [6.07, 6.45) is 8.17. The average molecular weight is 416 g/mol. The van der Waals surface area contributed by atoms with E-state index in [1.54, 1.807) is 42.5 Å². The molecule has 1 aliphatic rings. The van der Waals surface area contributed by atoms with E-state index in [2.05, 4.69) is 5.32 Å². The van der Waals surface area contributed by atoms with Crippen LogP contribution in [0.2, 0.25) is 0 Å². The van der Waals surface area contributed by atoms with E-state index >= 15 is 0 Å². The van der Waals surface area contributed by atoms with Crippen molar-refractivity contribution in [3.63, 3.8) is 0 Å². The fourth-order valence-corrected chi connectivity index (χ4v) is 3.36. The van der Waals surface area contributed by atoms with Crippen LogP contribution >= 0.6 is 11.8 Å². The number of benzene rings is 1. The lowest BCUT2D eigenvalue weighted by Gasteiger charge is -2.12. The van der Waals surface area contributed by atoms with Gasteiger partial charge in [-0.2, -0.15) is 0 Å². The third-order valence-corrected chi connectivity index (χ3v) is 4.75. The summed E-state index contributed by atoms with van der Waals surface area (Å²) in [6.45, 7) is 4.53. The van der Waals surface area contributed by atoms with Gasteiger partial charge in [-0.1, -0.05) is 24.3 Å². The van der Waals surface area contributed by atoms with Crippen molar-refractivity contribution >= 4 is 34.9 Å². The van der Waals surface area contributed by atoms with Crippen molar-refractivity contribution in [1.29, 1.82) is 0 Å². The molecule has 0 radical (unpaired) electrons. The van der Waals surface area contributed by atoms with Crippen LogP contribution in [0.25, 0.3) is 6.08 Å². The molecule has 0 bridgehead atoms. The third kappa shape index (κ3) is 6.25. The second-order valence-corrected chi connectivity index (χ2v) is 6.85. The molecule has 1 heterocycles. The topological polar surface area (TPSA) is 84.9 Å². The molecule has 0 unspecified atom stereocenters. The number of carbonyl (C=O) groups excluding carboxylic acids is 3. The molecule has 1 aromatic carbocycles. The third-order valence-electron chi connectivity index (χ3n) is 3.84. The van der Waals surface area contributed by atoms with Crippen LogP contribution in [0.3, 0.4) is 0 Å². The van der Waals surface area contributed by atoms with Gasteiger partial charge >= 0.3 is 0 Å². The highest BCUT2D eigenvalue weighted by atomic mass is 32.2. The number of rotatable bonds is 9. The van der Waals surface area contributed by atoms with E-state index in [0.717, 1.165) is 22.2 Å². The van der Waals surface area contributed by atoms with Gasteiger partial charge in [-0.05, 0) is 49.4 Å². The lowest BCUT2D eigenvalue weighted by Crippen LogP contribution is -2.36. The summed E-state index contributed by atoms with van der Waals surface area (Å²) < 4.78 is 10.8. The number of amides is 3. The van der Waals surface area contributed by atoms with Crippen molar-refractivity contribution in [3.8, 4) is 11.5 Å². The van der Waals surface area contributed by atoms with Gasteiger partial charge in [-0.3, -0.25) is 19.3 Å². The molecule has 3 amide bonds. The molecule has 1 saturated heterocycles. The number of carbonyl (C=O) groups is 3. The number of nitrogens with zero attached hydrogens (tertiary/aromatic N) is 1. The number of imide groups is 1. The number of allylic oxidation sites excluding steroid dienone is 3. The van der Waals surface area contributed by atoms with Crippen molar-refractivity contribution in [3.05, 3.63) is 53.0 Å². The maximum absolute atomic E-state index is 12.6. The minimum absolute atomic E-state index is 0.109. The molecular formula is C21H24N2O5S. The van der Waals surface area contributed by atoms with Crippen molar-refractivity contribution in [2.24, 2.45) is 0 Å². The van der Waals surface area contributed by atoms with Gasteiger partial charge < -0.3 is 14.8 Å². The highest BCUT2D eigenvalue weighted by Crippen LogP contribution is 2.34. The zero-order valence-corrected chi connectivity index (χ0v) is 17.5. The zero-order chi connectivity index (χ0) is 21.2. The SMILES string of the molecule is CC=CC=CC(=O)NCCN1C(=O)SC(=Cc2ccc(OCC)c(OC)c2)C1=O. The molecule has 0 saturated carbocycles. The van der Waals surface area contributed by atoms with Gasteiger partial charge in [0.05, 0.1) is 18.6 Å². The Morgan fingerprint density at radius 1 is 1.24 bits per heavy atom. The quantitative estimate of drug-likeness (QED) is 0.491. The van der Waals surface area contributed by atoms with E-state index in [9.17, 15) is 14.4 Å². The largest absolute Gasteiger partial charge is 0.493 e. The maximum atomic E-state index is 12.6. The first-order chi connectivity index (χ1) is 14.0. The van der Waals surface area contributed by atoms with Crippen LogP contribution in [0.4, 0.5) is 4.79 Å². The Bertz CT molecular complexity index is 861. The fourth-order valence-electron chi connectivity index (χ4n) is 2.50. The van der Waals surface area contributed by atoms with Gasteiger partial charge in [-0.25, -0.2) is 0 Å². The van der Waals surface area contributed by atoms with E-state index in [1.807, 2.05) is 13.8 Å². The molecule has 0 atom stereocenters. The Morgan fingerprint density at radius 2 is 2.03 bits per heavy atom. The molecule has 2 rings (SSSR count). The summed E-state index contributed by atoms with van der Waals surface area (Å²) in [6, 6.07) is 5.30. The van der Waals surface area contributed by atoms with E-state index in [1.165, 1.54) is 13.2 Å². The molecule has 1 aliphatic heterocycles. The Kier molecular flexibility index (Phi) is 8.54. The highest BCUT2D eigenvalue weighted by Gasteiger charge is 2.34. The maximum Gasteiger partial charge on any atom is 0.293 e. The Morgan fingerprint density at radius 3 is 2.72 bits per heavy atom. The summed E-state index contributed by atoms with van der Waals surface area (Å²) in [4.78, 5) is 37.8. The minimum Gasteiger partial charge on any atom is -0.493 e. The van der Waals surface area contributed by atoms with E-state index in [0.29, 0.717) is 23.0 Å². The first-order valence-electron chi connectivity index (χ1n) is 9.13. The first kappa shape index (κ1) is 22.3. The summed E-state index contributed by atoms with van der Waals surface area (Å²) in [5.41, 5.74) is 0.721. The summed E-state index contributed by atoms with van der Waals surface area (Å²) in [5.74, 6) is 0.492. The van der Waals surface area contributed by atoms with Crippen molar-refractivity contribution in [2.45, 2.75) is 13.8 Å². The van der Waals surface area contributed by atoms with Gasteiger partial charge in [0.25, 0.3) is 11.1 Å². The highest BCUT2D eigenvalue weighted by molar-refractivity contribution is 8.18. The summed E-state index contributed by atoms with van der Waals surface area (Å²) in [7, 11) is 1.54. The smallest absolute Gasteiger partial charge is 0.293 e. The number of hydrogen-bond donors (Lipinski definition) is 1. The van der Waals surface area contributed by atoms with Crippen LogP contribution in [0.1, 0.15) is 19.4 Å². The Labute approximate surface area is 174 Å². The van der Waals surface area contributed by atoms with Crippen LogP contribution in [-0.4, -0.2) is 48.8 Å². The molecular weight excluding hydrogens is 392 g/mol. The van der Waals surface area contributed by atoms with Crippen LogP contribution < -0.4 is 14.8 Å². The fraction of sp³-hybridized carbons (Fsp3) is 0.286. The van der Waals surface area contributed by atoms with Gasteiger partial charge in [0, 0.05) is 19.2 Å². The van der Waals surface area contributed by atoms with Crippen LogP contribution in [0.15, 0.2) is 47.4 Å². The summed E-state index contributed by atoms with van der Waals surface area (Å²) >= 11 is 0.871. The first-order valence-corrected chi connectivity index (χ1v) is 9.95. The van der Waals surface area contributed by atoms with E-state index < -0.39 is 0 Å². The molecule has 8 heteroatoms. The molecule has 154 valence electrons. The number of methoxy groups -OCH3 is 1. The molecule has 0 spiro atoms. The Balaban J connectivity index is 2.01. The lowest BCUT2D eigenvalue weighted by atomic mass is 10.2. The molecule has 0 aliphatic carbocycles. The van der Waals surface area contributed by atoms with Crippen LogP contribution in [-0.2, 0) is 9.59 Å². The van der Waals surface area contributed by atoms with Gasteiger partial charge in [-0.15, -0.1) is 0 Å². The van der Waals surface area contributed by atoms with Crippen molar-refractivity contribution in [2.75, 3.05) is 26.8 Å². The molecule has 1 fully saturated rings. The summed E-state index contributed by atoms with van der Waals surface area (Å²) in [5, 5.41) is 2.28. The minimum atomic E-state index is -0.383. The number of thioether (sulfide) groups is 1. The van der Waals surface area contributed by atoms with E-state index in [4.69, 9.17) is 9.47 Å². The van der Waals surface area contributed by atoms with Crippen molar-refractivity contribution < 1.29 is 23.9 Å². The predicted octanol–water partition coefficient (Wildman–Crippen LogP) is 3.38. The number of nitrogens with one attached hydrogen (secondary N) is 1. The van der Waals surface area contributed by atoms with Crippen molar-refractivity contribution in [1.82, 2.24) is 10.2 Å². The normalized spacial score (nSPS) is 15.7. The molecule has 0 aromatic heterocycles.